The fourth-order valence-electron chi connectivity index (χ4n) is 5.37. The van der Waals surface area contributed by atoms with E-state index in [1.807, 2.05) is 29.0 Å². The predicted molar refractivity (Wildman–Crippen MR) is 156 cm³/mol. The van der Waals surface area contributed by atoms with Crippen LogP contribution in [0.15, 0.2) is 48.9 Å². The van der Waals surface area contributed by atoms with E-state index in [1.165, 1.54) is 6.07 Å². The molecule has 13 heteroatoms. The summed E-state index contributed by atoms with van der Waals surface area (Å²) in [5.41, 5.74) is 3.16. The fraction of sp³-hybridized carbons (Fsp3) is 0.333. The summed E-state index contributed by atoms with van der Waals surface area (Å²) in [6.45, 7) is 5.66. The first kappa shape index (κ1) is 28.4. The van der Waals surface area contributed by atoms with Gasteiger partial charge in [0.05, 0.1) is 36.7 Å². The van der Waals surface area contributed by atoms with Gasteiger partial charge in [-0.05, 0) is 51.1 Å². The van der Waals surface area contributed by atoms with Crippen LogP contribution in [0.5, 0.6) is 5.88 Å². The molecule has 11 nitrogen and oxygen atoms in total. The van der Waals surface area contributed by atoms with Gasteiger partial charge in [0.15, 0.2) is 10.5 Å². The van der Waals surface area contributed by atoms with Crippen molar-refractivity contribution in [2.75, 3.05) is 13.1 Å². The number of piperidine rings is 1. The number of nitriles is 1. The van der Waals surface area contributed by atoms with Gasteiger partial charge < -0.3 is 19.0 Å². The molecule has 0 bridgehead atoms. The number of aromatic carboxylic acids is 1. The van der Waals surface area contributed by atoms with Crippen LogP contribution in [0, 0.1) is 17.1 Å². The zero-order valence-corrected chi connectivity index (χ0v) is 24.3. The van der Waals surface area contributed by atoms with Crippen molar-refractivity contribution >= 4 is 27.8 Å². The lowest BCUT2D eigenvalue weighted by molar-refractivity contribution is 0.0696. The summed E-state index contributed by atoms with van der Waals surface area (Å²) in [5, 5.41) is 18.4. The molecule has 0 aliphatic carbocycles. The van der Waals surface area contributed by atoms with Crippen LogP contribution in [-0.2, 0) is 26.2 Å². The standard InChI is InChI=1S/C30H29FN8O3S/c1-2-38-18-33-14-22(38)15-39-25(35-28-27(39)36-29(43-28)30(40)41)16-37-10-8-20(9-11-37)24-4-3-5-26(34-24)42-17-21-7-6-19(13-32)12-23(21)31/h3-7,12,14,18,20H,2,8-11,15-17H2,1H3,(H,40,41). The van der Waals surface area contributed by atoms with Crippen LogP contribution in [0.2, 0.25) is 0 Å². The number of fused-ring (bicyclic) bond motifs is 1. The lowest BCUT2D eigenvalue weighted by atomic mass is 9.93. The quantitative estimate of drug-likeness (QED) is 0.239. The first-order valence-electron chi connectivity index (χ1n) is 14.0. The molecule has 4 aromatic heterocycles. The molecule has 5 aromatic rings. The maximum atomic E-state index is 14.3. The van der Waals surface area contributed by atoms with E-state index in [2.05, 4.69) is 26.4 Å². The average molecular weight is 601 g/mol. The molecule has 0 unspecified atom stereocenters. The summed E-state index contributed by atoms with van der Waals surface area (Å²) < 4.78 is 24.1. The number of hydrogen-bond donors (Lipinski definition) is 1. The molecule has 0 atom stereocenters. The van der Waals surface area contributed by atoms with Crippen molar-refractivity contribution in [2.24, 2.45) is 0 Å². The predicted octanol–water partition coefficient (Wildman–Crippen LogP) is 4.82. The third kappa shape index (κ3) is 6.11. The van der Waals surface area contributed by atoms with Crippen molar-refractivity contribution in [3.05, 3.63) is 88.1 Å². The Bertz CT molecular complexity index is 1820. The van der Waals surface area contributed by atoms with E-state index in [0.717, 1.165) is 61.0 Å². The molecule has 0 radical (unpaired) electrons. The largest absolute Gasteiger partial charge is 0.476 e. The van der Waals surface area contributed by atoms with Crippen LogP contribution in [0.1, 0.15) is 63.8 Å². The topological polar surface area (TPSA) is 135 Å². The van der Waals surface area contributed by atoms with Crippen molar-refractivity contribution < 1.29 is 19.0 Å². The lowest BCUT2D eigenvalue weighted by Crippen LogP contribution is -2.33. The van der Waals surface area contributed by atoms with E-state index in [4.69, 9.17) is 20.0 Å². The number of likely N-dealkylation sites (tertiary alicyclic amines) is 1. The maximum Gasteiger partial charge on any atom is 0.365 e. The van der Waals surface area contributed by atoms with Gasteiger partial charge in [-0.1, -0.05) is 23.5 Å². The number of thiazole rings is 1. The second kappa shape index (κ2) is 12.3. The van der Waals surface area contributed by atoms with Crippen LogP contribution >= 0.6 is 11.3 Å². The average Bonchev–Trinajstić information content (AvgIpc) is 3.73. The van der Waals surface area contributed by atoms with Gasteiger partial charge in [0, 0.05) is 36.0 Å². The molecule has 43 heavy (non-hydrogen) atoms. The Kier molecular flexibility index (Phi) is 8.13. The third-order valence-corrected chi connectivity index (χ3v) is 8.63. The molecule has 0 amide bonds. The fourth-order valence-corrected chi connectivity index (χ4v) is 6.17. The van der Waals surface area contributed by atoms with Gasteiger partial charge in [-0.3, -0.25) is 4.90 Å². The maximum absolute atomic E-state index is 14.3. The monoisotopic (exact) mass is 600 g/mol. The third-order valence-electron chi connectivity index (χ3n) is 7.71. The Morgan fingerprint density at radius 1 is 1.19 bits per heavy atom. The Morgan fingerprint density at radius 3 is 2.77 bits per heavy atom. The molecular weight excluding hydrogens is 571 g/mol. The van der Waals surface area contributed by atoms with Gasteiger partial charge in [-0.2, -0.15) is 5.26 Å². The van der Waals surface area contributed by atoms with E-state index in [9.17, 15) is 14.3 Å². The SMILES string of the molecule is CCn1cncc1Cn1c(CN2CCC(c3cccc(OCc4ccc(C#N)cc4F)n3)CC2)nc2sc(C(=O)O)nc21. The number of nitrogens with zero attached hydrogens (tertiary/aromatic N) is 8. The minimum atomic E-state index is -1.05. The number of aromatic nitrogens is 6. The highest BCUT2D eigenvalue weighted by molar-refractivity contribution is 7.19. The zero-order valence-electron chi connectivity index (χ0n) is 23.5. The number of aryl methyl sites for hydroxylation is 1. The van der Waals surface area contributed by atoms with E-state index in [1.54, 1.807) is 24.5 Å². The normalized spacial score (nSPS) is 14.3. The lowest BCUT2D eigenvalue weighted by Gasteiger charge is -2.31. The molecule has 1 aliphatic rings. The summed E-state index contributed by atoms with van der Waals surface area (Å²) in [5.74, 6) is 0.00805. The van der Waals surface area contributed by atoms with E-state index in [0.29, 0.717) is 35.0 Å². The number of carboxylic acid groups (broad SMARTS) is 1. The minimum Gasteiger partial charge on any atom is -0.476 e. The number of carbonyl (C=O) groups is 1. The second-order valence-corrected chi connectivity index (χ2v) is 11.4. The van der Waals surface area contributed by atoms with Gasteiger partial charge in [-0.15, -0.1) is 0 Å². The van der Waals surface area contributed by atoms with Gasteiger partial charge in [0.25, 0.3) is 0 Å². The number of pyridine rings is 1. The van der Waals surface area contributed by atoms with Crippen molar-refractivity contribution in [1.29, 1.82) is 5.26 Å². The number of hydrogen-bond acceptors (Lipinski definition) is 9. The Morgan fingerprint density at radius 2 is 2.02 bits per heavy atom. The molecule has 220 valence electrons. The number of rotatable bonds is 10. The molecule has 6 rings (SSSR count). The molecule has 5 heterocycles. The van der Waals surface area contributed by atoms with Crippen molar-refractivity contribution in [3.63, 3.8) is 0 Å². The molecule has 0 saturated carbocycles. The first-order valence-corrected chi connectivity index (χ1v) is 14.8. The zero-order chi connectivity index (χ0) is 29.9. The summed E-state index contributed by atoms with van der Waals surface area (Å²) in [6.07, 6.45) is 5.41. The van der Waals surface area contributed by atoms with Crippen molar-refractivity contribution in [3.8, 4) is 11.9 Å². The van der Waals surface area contributed by atoms with Crippen molar-refractivity contribution in [1.82, 2.24) is 34.0 Å². The number of ether oxygens (including phenoxy) is 1. The van der Waals surface area contributed by atoms with Crippen LogP contribution in [0.25, 0.3) is 10.5 Å². The Labute approximate surface area is 250 Å². The van der Waals surface area contributed by atoms with E-state index < -0.39 is 11.8 Å². The van der Waals surface area contributed by atoms with E-state index in [-0.39, 0.29) is 23.1 Å². The van der Waals surface area contributed by atoms with Gasteiger partial charge in [0.2, 0.25) is 10.9 Å². The van der Waals surface area contributed by atoms with Crippen LogP contribution in [0.3, 0.4) is 0 Å². The smallest absolute Gasteiger partial charge is 0.365 e. The number of imidazole rings is 2. The Hall–Kier alpha value is -4.67. The summed E-state index contributed by atoms with van der Waals surface area (Å²) >= 11 is 1.09. The summed E-state index contributed by atoms with van der Waals surface area (Å²) in [4.78, 5) is 32.7. The molecule has 1 saturated heterocycles. The summed E-state index contributed by atoms with van der Waals surface area (Å²) in [6, 6.07) is 11.9. The highest BCUT2D eigenvalue weighted by Crippen LogP contribution is 2.30. The molecule has 0 spiro atoms. The molecule has 1 aromatic carbocycles. The van der Waals surface area contributed by atoms with Crippen LogP contribution in [-0.4, -0.2) is 58.1 Å². The molecule has 1 N–H and O–H groups in total. The van der Waals surface area contributed by atoms with Crippen LogP contribution in [0.4, 0.5) is 4.39 Å². The highest BCUT2D eigenvalue weighted by Gasteiger charge is 2.25. The molecular formula is C30H29FN8O3S. The minimum absolute atomic E-state index is 0.0262. The summed E-state index contributed by atoms with van der Waals surface area (Å²) in [7, 11) is 0. The number of halogens is 1. The number of benzene rings is 1. The first-order chi connectivity index (χ1) is 20.9. The van der Waals surface area contributed by atoms with Crippen LogP contribution < -0.4 is 4.74 Å². The highest BCUT2D eigenvalue weighted by atomic mass is 32.1. The van der Waals surface area contributed by atoms with Gasteiger partial charge >= 0.3 is 5.97 Å². The molecule has 1 fully saturated rings. The molecule has 1 aliphatic heterocycles. The van der Waals surface area contributed by atoms with E-state index >= 15 is 0 Å². The van der Waals surface area contributed by atoms with Gasteiger partial charge in [-0.25, -0.2) is 29.1 Å². The Balaban J connectivity index is 1.12. The van der Waals surface area contributed by atoms with Crippen molar-refractivity contribution in [2.45, 2.75) is 51.9 Å². The second-order valence-electron chi connectivity index (χ2n) is 10.4. The van der Waals surface area contributed by atoms with Gasteiger partial charge in [0.1, 0.15) is 18.2 Å². The number of carboxylic acids is 1.